The van der Waals surface area contributed by atoms with Crippen LogP contribution in [0.1, 0.15) is 138 Å². The van der Waals surface area contributed by atoms with Gasteiger partial charge in [-0.05, 0) is 227 Å². The molecule has 8 aliphatic rings. The van der Waals surface area contributed by atoms with Gasteiger partial charge in [-0.25, -0.2) is 33.7 Å². The molecular formula is C60H82N4O8S4. The summed E-state index contributed by atoms with van der Waals surface area (Å²) in [4.78, 5) is 0.986. The van der Waals surface area contributed by atoms with Crippen molar-refractivity contribution in [1.82, 2.24) is 17.2 Å². The lowest BCUT2D eigenvalue weighted by Gasteiger charge is -2.60. The second-order valence-corrected chi connectivity index (χ2v) is 32.2. The summed E-state index contributed by atoms with van der Waals surface area (Å²) >= 11 is 0. The number of sulfonamides is 4. The largest absolute Gasteiger partial charge is 0.243 e. The molecule has 414 valence electrons. The molecule has 8 fully saturated rings. The van der Waals surface area contributed by atoms with E-state index in [9.17, 15) is 33.7 Å². The highest BCUT2D eigenvalue weighted by molar-refractivity contribution is 7.90. The van der Waals surface area contributed by atoms with Gasteiger partial charge in [0.2, 0.25) is 40.1 Å². The maximum absolute atomic E-state index is 14.7. The number of hydrogen-bond acceptors (Lipinski definition) is 8. The lowest BCUT2D eigenvalue weighted by Crippen LogP contribution is -2.61. The number of hydrogen-bond donors (Lipinski definition) is 0. The fraction of sp³-hybridized carbons (Fsp3) is 0.600. The average Bonchev–Trinajstić information content (AvgIpc) is 3.42. The van der Waals surface area contributed by atoms with E-state index in [0.717, 1.165) is 60.8 Å². The predicted octanol–water partition coefficient (Wildman–Crippen LogP) is 11.3. The highest BCUT2D eigenvalue weighted by atomic mass is 32.2. The summed E-state index contributed by atoms with van der Waals surface area (Å²) in [6.45, 7) is 9.05. The highest BCUT2D eigenvalue weighted by Gasteiger charge is 2.58. The summed E-state index contributed by atoms with van der Waals surface area (Å²) in [5, 5.41) is 0. The van der Waals surface area contributed by atoms with E-state index in [1.54, 1.807) is 72.8 Å². The summed E-state index contributed by atoms with van der Waals surface area (Å²) in [5.41, 5.74) is 3.01. The van der Waals surface area contributed by atoms with Gasteiger partial charge in [0.25, 0.3) is 0 Å². The molecule has 8 aliphatic carbocycles. The van der Waals surface area contributed by atoms with Gasteiger partial charge in [0.05, 0.1) is 19.6 Å². The van der Waals surface area contributed by atoms with Crippen molar-refractivity contribution in [2.75, 3.05) is 39.3 Å². The van der Waals surface area contributed by atoms with E-state index >= 15 is 0 Å². The van der Waals surface area contributed by atoms with Gasteiger partial charge in [-0.1, -0.05) is 70.8 Å². The first-order valence-corrected chi connectivity index (χ1v) is 34.2. The Morgan fingerprint density at radius 1 is 0.316 bits per heavy atom. The van der Waals surface area contributed by atoms with Gasteiger partial charge in [-0.3, -0.25) is 0 Å². The molecule has 16 heteroatoms. The zero-order chi connectivity index (χ0) is 53.7. The minimum atomic E-state index is -3.97. The van der Waals surface area contributed by atoms with Crippen molar-refractivity contribution in [1.29, 1.82) is 0 Å². The van der Waals surface area contributed by atoms with Crippen molar-refractivity contribution in [3.05, 3.63) is 119 Å². The van der Waals surface area contributed by atoms with Crippen molar-refractivity contribution in [2.24, 2.45) is 35.5 Å². The molecule has 4 aromatic carbocycles. The van der Waals surface area contributed by atoms with Crippen molar-refractivity contribution in [2.45, 2.75) is 174 Å². The number of benzene rings is 4. The van der Waals surface area contributed by atoms with Crippen LogP contribution in [-0.4, -0.2) is 101 Å². The normalized spacial score (nSPS) is 27.2. The molecular weight excluding hydrogens is 1030 g/mol. The van der Waals surface area contributed by atoms with E-state index in [1.807, 2.05) is 60.6 Å². The first-order chi connectivity index (χ1) is 36.1. The predicted molar refractivity (Wildman–Crippen MR) is 300 cm³/mol. The minimum absolute atomic E-state index is 0.159. The average molecular weight is 1120 g/mol. The Balaban J connectivity index is 0.838. The second kappa shape index (κ2) is 22.2. The molecule has 4 aromatic rings. The number of aryl methyl sites for hydroxylation is 4. The Bertz CT molecular complexity index is 2850. The van der Waals surface area contributed by atoms with E-state index in [-0.39, 0.29) is 36.0 Å². The van der Waals surface area contributed by atoms with Crippen LogP contribution in [0.15, 0.2) is 117 Å². The molecule has 0 aromatic heterocycles. The molecule has 0 amide bonds. The van der Waals surface area contributed by atoms with E-state index < -0.39 is 51.2 Å². The van der Waals surface area contributed by atoms with Crippen molar-refractivity contribution >= 4 is 40.1 Å². The smallest absolute Gasteiger partial charge is 0.207 e. The molecule has 0 atom stereocenters. The van der Waals surface area contributed by atoms with E-state index in [0.29, 0.717) is 96.9 Å². The van der Waals surface area contributed by atoms with Gasteiger partial charge in [-0.2, -0.15) is 17.2 Å². The van der Waals surface area contributed by atoms with Gasteiger partial charge in [0.15, 0.2) is 0 Å². The summed E-state index contributed by atoms with van der Waals surface area (Å²) in [5.74, 6) is 3.22. The Kier molecular flexibility index (Phi) is 16.3. The Hall–Kier alpha value is -3.48. The Morgan fingerprint density at radius 3 is 0.737 bits per heavy atom. The lowest BCUT2D eigenvalue weighted by atomic mass is 9.53. The summed E-state index contributed by atoms with van der Waals surface area (Å²) < 4.78 is 124. The number of nitrogens with zero attached hydrogens (tertiary/aromatic N) is 4. The molecule has 0 aliphatic heterocycles. The molecule has 76 heavy (non-hydrogen) atoms. The van der Waals surface area contributed by atoms with E-state index in [1.165, 1.54) is 47.1 Å². The van der Waals surface area contributed by atoms with Gasteiger partial charge >= 0.3 is 0 Å². The molecule has 0 radical (unpaired) electrons. The summed E-state index contributed by atoms with van der Waals surface area (Å²) in [7, 11) is -15.6. The van der Waals surface area contributed by atoms with Crippen LogP contribution in [0.3, 0.4) is 0 Å². The molecule has 0 heterocycles. The topological polar surface area (TPSA) is 150 Å². The molecule has 0 unspecified atom stereocenters. The van der Waals surface area contributed by atoms with Gasteiger partial charge in [0.1, 0.15) is 0 Å². The SMILES string of the molecule is Cc1ccc(S(=O)(=O)N(CCCCN(CCCCN(C23CC4CC(CC(C4)C2)C3)S(=O)(=O)c2ccc(C)cc2)S(=O)(=O)c2ccc(C)cc2)CCCCN(C23CC4CC(CC(C4)C2)C3)S(=O)(=O)c2ccc(C)cc2)cc1. The highest BCUT2D eigenvalue weighted by Crippen LogP contribution is 2.60. The van der Waals surface area contributed by atoms with Gasteiger partial charge < -0.3 is 0 Å². The van der Waals surface area contributed by atoms with Crippen LogP contribution in [0.4, 0.5) is 0 Å². The van der Waals surface area contributed by atoms with Crippen LogP contribution in [0.5, 0.6) is 0 Å². The molecule has 0 spiro atoms. The van der Waals surface area contributed by atoms with Crippen molar-refractivity contribution < 1.29 is 33.7 Å². The third kappa shape index (κ3) is 11.6. The molecule has 8 bridgehead atoms. The van der Waals surface area contributed by atoms with Gasteiger partial charge in [-0.15, -0.1) is 0 Å². The first-order valence-electron chi connectivity index (χ1n) is 28.5. The number of rotatable bonds is 25. The van der Waals surface area contributed by atoms with Crippen molar-refractivity contribution in [3.8, 4) is 0 Å². The zero-order valence-electron chi connectivity index (χ0n) is 45.4. The third-order valence-electron chi connectivity index (χ3n) is 18.7. The van der Waals surface area contributed by atoms with Crippen LogP contribution >= 0.6 is 0 Å². The second-order valence-electron chi connectivity index (χ2n) is 24.6. The maximum Gasteiger partial charge on any atom is 0.243 e. The number of unbranched alkanes of at least 4 members (excludes halogenated alkanes) is 3. The fourth-order valence-electron chi connectivity index (χ4n) is 15.7. The standard InChI is InChI=1S/C60H82N4O8S4/c1-45-11-19-55(20-12-45)73(65,66)61(29-7-9-31-63(75(69,70)57-23-15-47(3)16-24-57)59-39-49-33-50(40-59)35-51(34-49)41-59)27-5-6-28-62(74(67,68)56-21-13-46(2)14-22-56)30-8-10-32-64(76(71,72)58-25-17-48(4)18-26-58)60-42-52-36-53(43-60)38-54(37-52)44-60/h11-26,49-54H,5-10,27-44H2,1-4H3. The summed E-state index contributed by atoms with van der Waals surface area (Å²) in [6, 6.07) is 28.0. The van der Waals surface area contributed by atoms with Crippen molar-refractivity contribution in [3.63, 3.8) is 0 Å². The van der Waals surface area contributed by atoms with Crippen LogP contribution in [0.25, 0.3) is 0 Å². The third-order valence-corrected chi connectivity index (χ3v) is 26.6. The Labute approximate surface area is 456 Å². The first kappa shape index (κ1) is 55.8. The van der Waals surface area contributed by atoms with Crippen LogP contribution in [0.2, 0.25) is 0 Å². The molecule has 0 saturated heterocycles. The Morgan fingerprint density at radius 2 is 0.513 bits per heavy atom. The maximum atomic E-state index is 14.7. The van der Waals surface area contributed by atoms with Crippen LogP contribution < -0.4 is 0 Å². The summed E-state index contributed by atoms with van der Waals surface area (Å²) in [6.07, 6.45) is 15.0. The lowest BCUT2D eigenvalue weighted by molar-refractivity contribution is -0.0571. The molecule has 12 nitrogen and oxygen atoms in total. The van der Waals surface area contributed by atoms with Gasteiger partial charge in [0, 0.05) is 50.3 Å². The molecule has 8 saturated carbocycles. The van der Waals surface area contributed by atoms with Crippen LogP contribution in [-0.2, 0) is 40.1 Å². The molecule has 12 rings (SSSR count). The molecule has 0 N–H and O–H groups in total. The van der Waals surface area contributed by atoms with Crippen LogP contribution in [0, 0.1) is 63.2 Å². The quantitative estimate of drug-likeness (QED) is 0.0595. The fourth-order valence-corrected chi connectivity index (χ4v) is 22.4. The zero-order valence-corrected chi connectivity index (χ0v) is 48.6. The monoisotopic (exact) mass is 1110 g/mol. The van der Waals surface area contributed by atoms with E-state index in [2.05, 4.69) is 0 Å². The minimum Gasteiger partial charge on any atom is -0.207 e. The van der Waals surface area contributed by atoms with E-state index in [4.69, 9.17) is 0 Å².